The Kier molecular flexibility index (Phi) is 3.72. The molecule has 5 heteroatoms. The van der Waals surface area contributed by atoms with Gasteiger partial charge in [0.1, 0.15) is 0 Å². The van der Waals surface area contributed by atoms with E-state index in [4.69, 9.17) is 11.6 Å². The number of halogens is 1. The van der Waals surface area contributed by atoms with Gasteiger partial charge in [-0.1, -0.05) is 23.7 Å². The number of hydrogen-bond donors (Lipinski definition) is 0. The van der Waals surface area contributed by atoms with E-state index >= 15 is 0 Å². The second-order valence-corrected chi connectivity index (χ2v) is 6.49. The van der Waals surface area contributed by atoms with E-state index in [2.05, 4.69) is 26.1 Å². The third-order valence-corrected chi connectivity index (χ3v) is 4.96. The van der Waals surface area contributed by atoms with Crippen molar-refractivity contribution in [2.24, 2.45) is 0 Å². The van der Waals surface area contributed by atoms with E-state index in [1.54, 1.807) is 0 Å². The minimum Gasteiger partial charge on any atom is -0.351 e. The summed E-state index contributed by atoms with van der Waals surface area (Å²) < 4.78 is 0. The van der Waals surface area contributed by atoms with E-state index < -0.39 is 0 Å². The SMILES string of the molecule is Clc1cccc(-c2ccc(N3CCN4CCC3CC4)nn2)c1. The van der Waals surface area contributed by atoms with Gasteiger partial charge in [-0.3, -0.25) is 0 Å². The number of hydrogen-bond acceptors (Lipinski definition) is 4. The number of anilines is 1. The molecule has 1 aromatic carbocycles. The zero-order valence-corrected chi connectivity index (χ0v) is 13.2. The Labute approximate surface area is 135 Å². The minimum atomic E-state index is 0.616. The fraction of sp³-hybridized carbons (Fsp3) is 0.412. The Bertz CT molecular complexity index is 650. The van der Waals surface area contributed by atoms with Crippen LogP contribution >= 0.6 is 11.6 Å². The quantitative estimate of drug-likeness (QED) is 0.852. The highest BCUT2D eigenvalue weighted by Crippen LogP contribution is 2.26. The summed E-state index contributed by atoms with van der Waals surface area (Å²) in [6, 6.07) is 12.5. The molecule has 114 valence electrons. The molecule has 4 nitrogen and oxygen atoms in total. The van der Waals surface area contributed by atoms with E-state index in [0.717, 1.165) is 35.2 Å². The Morgan fingerprint density at radius 3 is 2.55 bits per heavy atom. The summed E-state index contributed by atoms with van der Waals surface area (Å²) in [6.45, 7) is 4.62. The molecule has 3 saturated heterocycles. The van der Waals surface area contributed by atoms with Crippen LogP contribution in [0.3, 0.4) is 0 Å². The maximum atomic E-state index is 6.05. The first-order valence-electron chi connectivity index (χ1n) is 7.88. The molecule has 0 radical (unpaired) electrons. The van der Waals surface area contributed by atoms with Gasteiger partial charge in [0.05, 0.1) is 5.69 Å². The average Bonchev–Trinajstić information content (AvgIpc) is 2.89. The maximum Gasteiger partial charge on any atom is 0.151 e. The van der Waals surface area contributed by atoms with Crippen molar-refractivity contribution in [3.63, 3.8) is 0 Å². The van der Waals surface area contributed by atoms with Gasteiger partial charge in [-0.2, -0.15) is 0 Å². The van der Waals surface area contributed by atoms with Gasteiger partial charge in [-0.15, -0.1) is 10.2 Å². The van der Waals surface area contributed by atoms with Crippen molar-refractivity contribution in [1.29, 1.82) is 0 Å². The summed E-state index contributed by atoms with van der Waals surface area (Å²) in [5.74, 6) is 1.000. The number of fused-ring (bicyclic) bond motifs is 4. The lowest BCUT2D eigenvalue weighted by atomic mass is 10.1. The van der Waals surface area contributed by atoms with Gasteiger partial charge in [0, 0.05) is 42.8 Å². The van der Waals surface area contributed by atoms with Crippen molar-refractivity contribution in [3.8, 4) is 11.3 Å². The van der Waals surface area contributed by atoms with Crippen LogP contribution in [-0.2, 0) is 0 Å². The van der Waals surface area contributed by atoms with Gasteiger partial charge >= 0.3 is 0 Å². The second kappa shape index (κ2) is 5.86. The summed E-state index contributed by atoms with van der Waals surface area (Å²) in [4.78, 5) is 4.98. The van der Waals surface area contributed by atoms with E-state index in [1.165, 1.54) is 25.9 Å². The fourth-order valence-corrected chi connectivity index (χ4v) is 3.66. The molecule has 2 bridgehead atoms. The van der Waals surface area contributed by atoms with Gasteiger partial charge in [0.2, 0.25) is 0 Å². The lowest BCUT2D eigenvalue weighted by molar-refractivity contribution is 0.250. The minimum absolute atomic E-state index is 0.616. The number of benzene rings is 1. The Balaban J connectivity index is 1.59. The number of piperidine rings is 1. The summed E-state index contributed by atoms with van der Waals surface area (Å²) in [7, 11) is 0. The fourth-order valence-electron chi connectivity index (χ4n) is 3.47. The van der Waals surface area contributed by atoms with Crippen LogP contribution in [0, 0.1) is 0 Å². The molecular weight excluding hydrogens is 296 g/mol. The first-order valence-corrected chi connectivity index (χ1v) is 8.26. The molecule has 0 aliphatic carbocycles. The standard InChI is InChI=1S/C17H19ClN4/c18-14-3-1-2-13(12-14)16-4-5-17(20-19-16)22-11-10-21-8-6-15(22)7-9-21/h1-5,12,15H,6-11H2. The third-order valence-electron chi connectivity index (χ3n) is 4.72. The lowest BCUT2D eigenvalue weighted by Crippen LogP contribution is -2.38. The van der Waals surface area contributed by atoms with Crippen molar-refractivity contribution in [2.45, 2.75) is 18.9 Å². The van der Waals surface area contributed by atoms with Crippen LogP contribution < -0.4 is 4.90 Å². The largest absolute Gasteiger partial charge is 0.351 e. The van der Waals surface area contributed by atoms with Crippen molar-refractivity contribution < 1.29 is 0 Å². The van der Waals surface area contributed by atoms with Gasteiger partial charge < -0.3 is 9.80 Å². The van der Waals surface area contributed by atoms with Crippen molar-refractivity contribution in [2.75, 3.05) is 31.1 Å². The first kappa shape index (κ1) is 14.0. The number of aromatic nitrogens is 2. The summed E-state index contributed by atoms with van der Waals surface area (Å²) in [6.07, 6.45) is 2.47. The summed E-state index contributed by atoms with van der Waals surface area (Å²) >= 11 is 6.05. The highest BCUT2D eigenvalue weighted by atomic mass is 35.5. The Hall–Kier alpha value is -1.65. The topological polar surface area (TPSA) is 32.3 Å². The Morgan fingerprint density at radius 2 is 1.82 bits per heavy atom. The van der Waals surface area contributed by atoms with Crippen LogP contribution in [-0.4, -0.2) is 47.3 Å². The zero-order valence-electron chi connectivity index (χ0n) is 12.5. The van der Waals surface area contributed by atoms with Crippen LogP contribution in [0.15, 0.2) is 36.4 Å². The molecule has 2 aromatic rings. The van der Waals surface area contributed by atoms with E-state index in [-0.39, 0.29) is 0 Å². The van der Waals surface area contributed by atoms with Gasteiger partial charge in [-0.25, -0.2) is 0 Å². The summed E-state index contributed by atoms with van der Waals surface area (Å²) in [5, 5.41) is 9.62. The average molecular weight is 315 g/mol. The summed E-state index contributed by atoms with van der Waals surface area (Å²) in [5.41, 5.74) is 1.88. The molecular formula is C17H19ClN4. The Morgan fingerprint density at radius 1 is 0.955 bits per heavy atom. The molecule has 1 aromatic heterocycles. The predicted molar refractivity (Wildman–Crippen MR) is 89.3 cm³/mol. The smallest absolute Gasteiger partial charge is 0.151 e. The molecule has 0 atom stereocenters. The molecule has 0 spiro atoms. The van der Waals surface area contributed by atoms with Crippen LogP contribution in [0.25, 0.3) is 11.3 Å². The van der Waals surface area contributed by atoms with Crippen LogP contribution in [0.5, 0.6) is 0 Å². The molecule has 3 fully saturated rings. The van der Waals surface area contributed by atoms with E-state index in [0.29, 0.717) is 6.04 Å². The van der Waals surface area contributed by atoms with Crippen LogP contribution in [0.1, 0.15) is 12.8 Å². The van der Waals surface area contributed by atoms with Gasteiger partial charge in [-0.05, 0) is 37.1 Å². The van der Waals surface area contributed by atoms with Crippen molar-refractivity contribution in [1.82, 2.24) is 15.1 Å². The molecule has 0 unspecified atom stereocenters. The second-order valence-electron chi connectivity index (χ2n) is 6.05. The van der Waals surface area contributed by atoms with Gasteiger partial charge in [0.25, 0.3) is 0 Å². The molecule has 5 rings (SSSR count). The van der Waals surface area contributed by atoms with Gasteiger partial charge in [0.15, 0.2) is 5.82 Å². The van der Waals surface area contributed by atoms with Crippen molar-refractivity contribution in [3.05, 3.63) is 41.4 Å². The highest BCUT2D eigenvalue weighted by molar-refractivity contribution is 6.30. The highest BCUT2D eigenvalue weighted by Gasteiger charge is 2.29. The molecule has 0 saturated carbocycles. The number of nitrogens with zero attached hydrogens (tertiary/aromatic N) is 4. The zero-order chi connectivity index (χ0) is 14.9. The third kappa shape index (κ3) is 2.69. The maximum absolute atomic E-state index is 6.05. The molecule has 3 aliphatic rings. The molecule has 4 heterocycles. The number of rotatable bonds is 2. The van der Waals surface area contributed by atoms with Crippen LogP contribution in [0.2, 0.25) is 5.02 Å². The van der Waals surface area contributed by atoms with Crippen molar-refractivity contribution >= 4 is 17.4 Å². The van der Waals surface area contributed by atoms with Crippen LogP contribution in [0.4, 0.5) is 5.82 Å². The monoisotopic (exact) mass is 314 g/mol. The molecule has 22 heavy (non-hydrogen) atoms. The molecule has 0 amide bonds. The predicted octanol–water partition coefficient (Wildman–Crippen LogP) is 3.08. The van der Waals surface area contributed by atoms with E-state index in [9.17, 15) is 0 Å². The molecule has 3 aliphatic heterocycles. The lowest BCUT2D eigenvalue weighted by Gasteiger charge is -2.31. The first-order chi connectivity index (χ1) is 10.8. The normalized spacial score (nSPS) is 24.3. The van der Waals surface area contributed by atoms with E-state index in [1.807, 2.05) is 30.3 Å². The molecule has 0 N–H and O–H groups in total.